The Bertz CT molecular complexity index is 1180. The van der Waals surface area contributed by atoms with Crippen LogP contribution in [0.3, 0.4) is 0 Å². The molecular formula is C21H25N7O2. The number of nitrogens with zero attached hydrogens (tertiary/aromatic N) is 3. The Morgan fingerprint density at radius 2 is 1.87 bits per heavy atom. The van der Waals surface area contributed by atoms with Gasteiger partial charge in [0.15, 0.2) is 0 Å². The average molecular weight is 407 g/mol. The van der Waals surface area contributed by atoms with Crippen LogP contribution >= 0.6 is 0 Å². The predicted octanol–water partition coefficient (Wildman–Crippen LogP) is 1.70. The molecule has 0 unspecified atom stereocenters. The molecule has 0 spiro atoms. The first-order valence-corrected chi connectivity index (χ1v) is 9.64. The summed E-state index contributed by atoms with van der Waals surface area (Å²) in [6, 6.07) is 8.73. The van der Waals surface area contributed by atoms with Gasteiger partial charge in [-0.05, 0) is 43.2 Å². The van der Waals surface area contributed by atoms with E-state index in [9.17, 15) is 9.59 Å². The first-order chi connectivity index (χ1) is 14.3. The van der Waals surface area contributed by atoms with Gasteiger partial charge in [0.2, 0.25) is 0 Å². The number of benzene rings is 1. The van der Waals surface area contributed by atoms with Crippen LogP contribution in [0.15, 0.2) is 35.4 Å². The van der Waals surface area contributed by atoms with Crippen LogP contribution < -0.4 is 22.8 Å². The van der Waals surface area contributed by atoms with Crippen LogP contribution in [0.5, 0.6) is 0 Å². The van der Waals surface area contributed by atoms with Crippen LogP contribution in [-0.2, 0) is 11.2 Å². The maximum atomic E-state index is 12.6. The molecule has 0 bridgehead atoms. The van der Waals surface area contributed by atoms with Crippen molar-refractivity contribution in [1.82, 2.24) is 14.5 Å². The van der Waals surface area contributed by atoms with Crippen molar-refractivity contribution in [1.29, 1.82) is 5.41 Å². The molecule has 156 valence electrons. The minimum atomic E-state index is -0.923. The second kappa shape index (κ2) is 8.32. The number of hydrogen-bond donors (Lipinski definition) is 4. The molecule has 4 rings (SSSR count). The maximum absolute atomic E-state index is 12.6. The summed E-state index contributed by atoms with van der Waals surface area (Å²) in [5.74, 6) is -0.985. The van der Waals surface area contributed by atoms with Crippen molar-refractivity contribution in [3.05, 3.63) is 57.8 Å². The Kier molecular flexibility index (Phi) is 5.81. The van der Waals surface area contributed by atoms with Crippen molar-refractivity contribution in [2.45, 2.75) is 39.2 Å². The fraction of sp³-hybridized carbons (Fsp3) is 0.286. The molecule has 1 fully saturated rings. The molecule has 9 nitrogen and oxygen atoms in total. The largest absolute Gasteiger partial charge is 0.383 e. The zero-order valence-corrected chi connectivity index (χ0v) is 17.0. The Morgan fingerprint density at radius 1 is 1.23 bits per heavy atom. The van der Waals surface area contributed by atoms with Gasteiger partial charge < -0.3 is 21.8 Å². The fourth-order valence-corrected chi connectivity index (χ4v) is 3.40. The number of aromatic nitrogens is 3. The van der Waals surface area contributed by atoms with Crippen molar-refractivity contribution in [2.24, 2.45) is 5.73 Å². The predicted molar refractivity (Wildman–Crippen MR) is 117 cm³/mol. The number of nitrogens with one attached hydrogen (secondary N) is 1. The summed E-state index contributed by atoms with van der Waals surface area (Å²) in [6.45, 7) is 4.14. The lowest BCUT2D eigenvalue weighted by Crippen LogP contribution is -2.25. The number of carbonyl (C=O) groups is 1. The highest BCUT2D eigenvalue weighted by molar-refractivity contribution is 6.45. The van der Waals surface area contributed by atoms with Gasteiger partial charge >= 0.3 is 0 Å². The van der Waals surface area contributed by atoms with Gasteiger partial charge in [0.05, 0.1) is 10.9 Å². The number of fused-ring (bicyclic) bond motifs is 1. The summed E-state index contributed by atoms with van der Waals surface area (Å²) < 4.78 is 2.02. The van der Waals surface area contributed by atoms with Crippen LogP contribution in [0.4, 0.5) is 11.6 Å². The van der Waals surface area contributed by atoms with Gasteiger partial charge in [-0.3, -0.25) is 15.0 Å². The van der Waals surface area contributed by atoms with Crippen molar-refractivity contribution < 1.29 is 4.79 Å². The smallest absolute Gasteiger partial charge is 0.267 e. The van der Waals surface area contributed by atoms with Gasteiger partial charge in [-0.2, -0.15) is 0 Å². The van der Waals surface area contributed by atoms with E-state index in [0.717, 1.165) is 41.9 Å². The van der Waals surface area contributed by atoms with E-state index in [1.807, 2.05) is 29.7 Å². The molecule has 1 amide bonds. The number of pyridine rings is 1. The van der Waals surface area contributed by atoms with Crippen molar-refractivity contribution in [3.63, 3.8) is 0 Å². The Balaban J connectivity index is 0.000000178. The van der Waals surface area contributed by atoms with E-state index in [4.69, 9.17) is 22.6 Å². The number of aryl methyl sites for hydroxylation is 2. The molecule has 1 saturated carbocycles. The molecule has 0 atom stereocenters. The highest BCUT2D eigenvalue weighted by Gasteiger charge is 2.27. The molecule has 7 N–H and O–H groups in total. The van der Waals surface area contributed by atoms with E-state index < -0.39 is 11.6 Å². The van der Waals surface area contributed by atoms with Crippen LogP contribution in [0, 0.1) is 12.3 Å². The molecule has 0 aliphatic heterocycles. The van der Waals surface area contributed by atoms with Gasteiger partial charge in [-0.25, -0.2) is 9.97 Å². The lowest BCUT2D eigenvalue weighted by molar-refractivity contribution is -0.112. The number of hydrogen-bond acceptors (Lipinski definition) is 7. The van der Waals surface area contributed by atoms with Crippen LogP contribution in [0.25, 0.3) is 10.8 Å². The zero-order chi connectivity index (χ0) is 22.0. The topological polar surface area (TPSA) is 167 Å². The van der Waals surface area contributed by atoms with Crippen molar-refractivity contribution in [3.8, 4) is 0 Å². The molecule has 0 radical (unpaired) electrons. The maximum Gasteiger partial charge on any atom is 0.267 e. The highest BCUT2D eigenvalue weighted by Crippen LogP contribution is 2.35. The van der Waals surface area contributed by atoms with Crippen molar-refractivity contribution >= 4 is 34.0 Å². The first-order valence-electron chi connectivity index (χ1n) is 9.64. The molecule has 1 aliphatic carbocycles. The average Bonchev–Trinajstić information content (AvgIpc) is 3.52. The van der Waals surface area contributed by atoms with E-state index in [1.54, 1.807) is 0 Å². The monoisotopic (exact) mass is 407 g/mol. The number of anilines is 2. The Hall–Kier alpha value is -3.75. The third-order valence-corrected chi connectivity index (χ3v) is 5.05. The normalized spacial score (nSPS) is 12.9. The Labute approximate surface area is 173 Å². The van der Waals surface area contributed by atoms with E-state index >= 15 is 0 Å². The molecule has 3 aromatic rings. The summed E-state index contributed by atoms with van der Waals surface area (Å²) >= 11 is 0. The summed E-state index contributed by atoms with van der Waals surface area (Å²) in [4.78, 5) is 30.4. The van der Waals surface area contributed by atoms with Gasteiger partial charge in [0.25, 0.3) is 11.5 Å². The quantitative estimate of drug-likeness (QED) is 0.480. The van der Waals surface area contributed by atoms with Crippen LogP contribution in [0.1, 0.15) is 42.6 Å². The number of nitrogens with two attached hydrogens (primary N) is 3. The number of carbonyl (C=O) groups excluding carboxylic acids is 1. The summed E-state index contributed by atoms with van der Waals surface area (Å²) in [5, 5.41) is 9.24. The Morgan fingerprint density at radius 3 is 2.40 bits per heavy atom. The molecular weight excluding hydrogens is 382 g/mol. The van der Waals surface area contributed by atoms with E-state index in [1.165, 1.54) is 5.69 Å². The third-order valence-electron chi connectivity index (χ3n) is 5.05. The molecule has 9 heteroatoms. The van der Waals surface area contributed by atoms with Gasteiger partial charge in [-0.15, -0.1) is 0 Å². The lowest BCUT2D eigenvalue weighted by Gasteiger charge is -2.13. The molecule has 2 aromatic heterocycles. The number of primary amides is 1. The number of amides is 1. The molecule has 30 heavy (non-hydrogen) atoms. The summed E-state index contributed by atoms with van der Waals surface area (Å²) in [7, 11) is 0. The second-order valence-corrected chi connectivity index (χ2v) is 7.19. The molecule has 0 saturated heterocycles. The third kappa shape index (κ3) is 4.00. The van der Waals surface area contributed by atoms with Gasteiger partial charge in [-0.1, -0.05) is 25.1 Å². The van der Waals surface area contributed by atoms with E-state index in [-0.39, 0.29) is 22.8 Å². The molecule has 1 aliphatic rings. The standard InChI is InChI=1S/C15H17NO.C6H8N6O/c1-3-12-9-11-6-4-5-10(2)14(11)15(17)16(12)13-7-8-13;7-3(6(10)13)2-4(8)11-1-12-5(2)9/h4-6,9,13H,3,7-8H2,1-2H3;1,7H,(H2,10,13)(H4,8,9,11,12). The van der Waals surface area contributed by atoms with E-state index in [0.29, 0.717) is 6.04 Å². The molecule has 1 aromatic carbocycles. The van der Waals surface area contributed by atoms with Crippen LogP contribution in [-0.4, -0.2) is 26.2 Å². The highest BCUT2D eigenvalue weighted by atomic mass is 16.1. The summed E-state index contributed by atoms with van der Waals surface area (Å²) in [5.41, 5.74) is 17.6. The summed E-state index contributed by atoms with van der Waals surface area (Å²) in [6.07, 6.45) is 4.38. The van der Waals surface area contributed by atoms with E-state index in [2.05, 4.69) is 23.0 Å². The SMILES string of the molecule is CCc1cc2cccc(C)c2c(=O)n1C1CC1.N=C(C(N)=O)c1c(N)ncnc1N. The zero-order valence-electron chi connectivity index (χ0n) is 17.0. The molecule has 2 heterocycles. The van der Waals surface area contributed by atoms with Crippen molar-refractivity contribution in [2.75, 3.05) is 11.5 Å². The second-order valence-electron chi connectivity index (χ2n) is 7.19. The minimum absolute atomic E-state index is 0.0185. The number of rotatable bonds is 4. The first kappa shape index (κ1) is 21.0. The number of nitrogen functional groups attached to an aromatic ring is 2. The lowest BCUT2D eigenvalue weighted by atomic mass is 10.1. The fourth-order valence-electron chi connectivity index (χ4n) is 3.40. The van der Waals surface area contributed by atoms with Gasteiger partial charge in [0, 0.05) is 11.7 Å². The van der Waals surface area contributed by atoms with Crippen LogP contribution in [0.2, 0.25) is 0 Å². The van der Waals surface area contributed by atoms with Gasteiger partial charge in [0.1, 0.15) is 23.7 Å². The minimum Gasteiger partial charge on any atom is -0.383 e.